The molecule has 3 aromatic heterocycles. The lowest BCUT2D eigenvalue weighted by molar-refractivity contribution is 0.101. The van der Waals surface area contributed by atoms with Crippen LogP contribution in [0.3, 0.4) is 0 Å². The standard InChI is InChI=1S/C21H17N7O/c1-12-11-13(2)28-21(22-12)26-19(27-28)20(29)23-15-9-7-14(8-10-15)18-24-16-5-3-4-6-17(16)25-18/h3-11H,1-2H3,(H,23,29)(H,24,25). The van der Waals surface area contributed by atoms with Gasteiger partial charge in [-0.1, -0.05) is 12.1 Å². The van der Waals surface area contributed by atoms with Crippen molar-refractivity contribution in [1.82, 2.24) is 29.5 Å². The number of benzene rings is 2. The average Bonchev–Trinajstić information content (AvgIpc) is 3.33. The number of imidazole rings is 1. The van der Waals surface area contributed by atoms with Gasteiger partial charge in [-0.2, -0.15) is 4.98 Å². The van der Waals surface area contributed by atoms with Gasteiger partial charge in [-0.05, 0) is 56.3 Å². The number of H-pyrrole nitrogens is 1. The van der Waals surface area contributed by atoms with Gasteiger partial charge in [-0.25, -0.2) is 14.5 Å². The summed E-state index contributed by atoms with van der Waals surface area (Å²) in [6, 6.07) is 17.2. The van der Waals surface area contributed by atoms with Crippen molar-refractivity contribution in [1.29, 1.82) is 0 Å². The molecule has 0 saturated heterocycles. The van der Waals surface area contributed by atoms with E-state index < -0.39 is 0 Å². The minimum absolute atomic E-state index is 0.0764. The number of anilines is 1. The predicted molar refractivity (Wildman–Crippen MR) is 110 cm³/mol. The third-order valence-corrected chi connectivity index (χ3v) is 4.63. The fourth-order valence-electron chi connectivity index (χ4n) is 3.25. The average molecular weight is 383 g/mol. The van der Waals surface area contributed by atoms with Gasteiger partial charge in [0.1, 0.15) is 5.82 Å². The summed E-state index contributed by atoms with van der Waals surface area (Å²) in [6.45, 7) is 3.78. The predicted octanol–water partition coefficient (Wildman–Crippen LogP) is 3.54. The minimum Gasteiger partial charge on any atom is -0.338 e. The Morgan fingerprint density at radius 2 is 1.79 bits per heavy atom. The summed E-state index contributed by atoms with van der Waals surface area (Å²) in [5.74, 6) is 0.882. The minimum atomic E-state index is -0.385. The van der Waals surface area contributed by atoms with E-state index in [0.717, 1.165) is 33.8 Å². The van der Waals surface area contributed by atoms with Gasteiger partial charge in [0.25, 0.3) is 11.7 Å². The number of aryl methyl sites for hydroxylation is 2. The maximum absolute atomic E-state index is 12.6. The molecular weight excluding hydrogens is 366 g/mol. The first-order chi connectivity index (χ1) is 14.1. The van der Waals surface area contributed by atoms with Crippen LogP contribution in [0.2, 0.25) is 0 Å². The number of amides is 1. The van der Waals surface area contributed by atoms with Crippen LogP contribution in [0.25, 0.3) is 28.2 Å². The van der Waals surface area contributed by atoms with E-state index in [1.165, 1.54) is 0 Å². The largest absolute Gasteiger partial charge is 0.338 e. The SMILES string of the molecule is Cc1cc(C)n2nc(C(=O)Nc3ccc(-c4nc5ccccc5[nH]4)cc3)nc2n1. The first-order valence-electron chi connectivity index (χ1n) is 9.14. The van der Waals surface area contributed by atoms with E-state index in [-0.39, 0.29) is 11.7 Å². The number of hydrogen-bond donors (Lipinski definition) is 2. The summed E-state index contributed by atoms with van der Waals surface area (Å²) in [5, 5.41) is 7.08. The normalized spacial score (nSPS) is 11.2. The van der Waals surface area contributed by atoms with Crippen molar-refractivity contribution < 1.29 is 4.79 Å². The molecule has 0 aliphatic heterocycles. The number of nitrogens with one attached hydrogen (secondary N) is 2. The molecule has 2 N–H and O–H groups in total. The van der Waals surface area contributed by atoms with Crippen LogP contribution in [0, 0.1) is 13.8 Å². The smallest absolute Gasteiger partial charge is 0.295 e. The van der Waals surface area contributed by atoms with Crippen LogP contribution in [-0.2, 0) is 0 Å². The van der Waals surface area contributed by atoms with E-state index in [4.69, 9.17) is 0 Å². The Kier molecular flexibility index (Phi) is 3.83. The molecular formula is C21H17N7O. The van der Waals surface area contributed by atoms with Crippen molar-refractivity contribution in [3.05, 3.63) is 71.8 Å². The van der Waals surface area contributed by atoms with Crippen molar-refractivity contribution in [3.63, 3.8) is 0 Å². The highest BCUT2D eigenvalue weighted by Crippen LogP contribution is 2.22. The van der Waals surface area contributed by atoms with Crippen molar-refractivity contribution in [2.45, 2.75) is 13.8 Å². The molecule has 142 valence electrons. The van der Waals surface area contributed by atoms with Crippen LogP contribution in [0.5, 0.6) is 0 Å². The third-order valence-electron chi connectivity index (χ3n) is 4.63. The second kappa shape index (κ2) is 6.52. The van der Waals surface area contributed by atoms with Crippen LogP contribution in [-0.4, -0.2) is 35.5 Å². The van der Waals surface area contributed by atoms with Crippen molar-refractivity contribution in [3.8, 4) is 11.4 Å². The van der Waals surface area contributed by atoms with Crippen LogP contribution >= 0.6 is 0 Å². The molecule has 29 heavy (non-hydrogen) atoms. The lowest BCUT2D eigenvalue weighted by Crippen LogP contribution is -2.14. The zero-order valence-corrected chi connectivity index (χ0v) is 15.8. The number of aromatic nitrogens is 6. The van der Waals surface area contributed by atoms with Gasteiger partial charge in [0.15, 0.2) is 0 Å². The number of nitrogens with zero attached hydrogens (tertiary/aromatic N) is 5. The summed E-state index contributed by atoms with van der Waals surface area (Å²) in [6.07, 6.45) is 0. The molecule has 1 amide bonds. The van der Waals surface area contributed by atoms with Gasteiger partial charge in [-0.3, -0.25) is 4.79 Å². The second-order valence-corrected chi connectivity index (χ2v) is 6.82. The Balaban J connectivity index is 1.38. The molecule has 2 aromatic carbocycles. The Morgan fingerprint density at radius 1 is 1.00 bits per heavy atom. The molecule has 0 atom stereocenters. The lowest BCUT2D eigenvalue weighted by atomic mass is 10.2. The van der Waals surface area contributed by atoms with Crippen LogP contribution in [0.4, 0.5) is 5.69 Å². The molecule has 0 spiro atoms. The molecule has 3 heterocycles. The number of para-hydroxylation sites is 2. The number of fused-ring (bicyclic) bond motifs is 2. The van der Waals surface area contributed by atoms with Crippen molar-refractivity contribution >= 4 is 28.4 Å². The Hall–Kier alpha value is -4.07. The number of carbonyl (C=O) groups is 1. The second-order valence-electron chi connectivity index (χ2n) is 6.82. The Morgan fingerprint density at radius 3 is 2.59 bits per heavy atom. The summed E-state index contributed by atoms with van der Waals surface area (Å²) < 4.78 is 1.56. The quantitative estimate of drug-likeness (QED) is 0.496. The molecule has 0 saturated carbocycles. The first-order valence-corrected chi connectivity index (χ1v) is 9.14. The van der Waals surface area contributed by atoms with Crippen LogP contribution < -0.4 is 5.32 Å². The summed E-state index contributed by atoms with van der Waals surface area (Å²) >= 11 is 0. The summed E-state index contributed by atoms with van der Waals surface area (Å²) in [4.78, 5) is 29.0. The fourth-order valence-corrected chi connectivity index (χ4v) is 3.25. The molecule has 8 heteroatoms. The van der Waals surface area contributed by atoms with E-state index in [1.807, 2.05) is 68.4 Å². The molecule has 0 aliphatic rings. The highest BCUT2D eigenvalue weighted by Gasteiger charge is 2.15. The fraction of sp³-hybridized carbons (Fsp3) is 0.0952. The lowest BCUT2D eigenvalue weighted by Gasteiger charge is -2.03. The molecule has 5 aromatic rings. The summed E-state index contributed by atoms with van der Waals surface area (Å²) in [5.41, 5.74) is 5.17. The van der Waals surface area contributed by atoms with E-state index in [0.29, 0.717) is 11.5 Å². The molecule has 0 aliphatic carbocycles. The maximum atomic E-state index is 12.6. The van der Waals surface area contributed by atoms with E-state index >= 15 is 0 Å². The molecule has 8 nitrogen and oxygen atoms in total. The van der Waals surface area contributed by atoms with Crippen LogP contribution in [0.15, 0.2) is 54.6 Å². The van der Waals surface area contributed by atoms with E-state index in [9.17, 15) is 4.79 Å². The highest BCUT2D eigenvalue weighted by atomic mass is 16.2. The van der Waals surface area contributed by atoms with Gasteiger partial charge in [0.05, 0.1) is 11.0 Å². The van der Waals surface area contributed by atoms with Crippen LogP contribution in [0.1, 0.15) is 22.0 Å². The maximum Gasteiger partial charge on any atom is 0.295 e. The molecule has 0 bridgehead atoms. The monoisotopic (exact) mass is 383 g/mol. The first kappa shape index (κ1) is 17.1. The molecule has 0 radical (unpaired) electrons. The van der Waals surface area contributed by atoms with Gasteiger partial charge in [-0.15, -0.1) is 5.10 Å². The zero-order valence-electron chi connectivity index (χ0n) is 15.8. The van der Waals surface area contributed by atoms with E-state index in [1.54, 1.807) is 4.52 Å². The van der Waals surface area contributed by atoms with Gasteiger partial charge < -0.3 is 10.3 Å². The number of aromatic amines is 1. The third kappa shape index (κ3) is 3.10. The number of carbonyl (C=O) groups excluding carboxylic acids is 1. The highest BCUT2D eigenvalue weighted by molar-refractivity contribution is 6.01. The van der Waals surface area contributed by atoms with Gasteiger partial charge in [0, 0.05) is 22.6 Å². The topological polar surface area (TPSA) is 101 Å². The Bertz CT molecular complexity index is 1330. The zero-order chi connectivity index (χ0) is 20.0. The van der Waals surface area contributed by atoms with Crippen molar-refractivity contribution in [2.75, 3.05) is 5.32 Å². The van der Waals surface area contributed by atoms with Gasteiger partial charge in [0.2, 0.25) is 5.82 Å². The molecule has 0 fully saturated rings. The molecule has 5 rings (SSSR count). The number of hydrogen-bond acceptors (Lipinski definition) is 5. The summed E-state index contributed by atoms with van der Waals surface area (Å²) in [7, 11) is 0. The van der Waals surface area contributed by atoms with Crippen molar-refractivity contribution in [2.24, 2.45) is 0 Å². The Labute approximate surface area is 165 Å². The number of rotatable bonds is 3. The van der Waals surface area contributed by atoms with E-state index in [2.05, 4.69) is 30.4 Å². The van der Waals surface area contributed by atoms with Gasteiger partial charge >= 0.3 is 0 Å². The molecule has 0 unspecified atom stereocenters.